The lowest BCUT2D eigenvalue weighted by Gasteiger charge is -2.26. The van der Waals surface area contributed by atoms with E-state index in [1.807, 2.05) is 13.8 Å². The van der Waals surface area contributed by atoms with E-state index in [2.05, 4.69) is 9.68 Å². The Morgan fingerprint density at radius 3 is 2.76 bits per heavy atom. The number of nitrogens with zero attached hydrogens (tertiary/aromatic N) is 2. The second-order valence-corrected chi connectivity index (χ2v) is 3.84. The molecule has 1 unspecified atom stereocenters. The normalized spacial score (nSPS) is 12.1. The van der Waals surface area contributed by atoms with Crippen LogP contribution in [-0.2, 0) is 16.0 Å². The van der Waals surface area contributed by atoms with Crippen LogP contribution >= 0.6 is 0 Å². The molecule has 0 aromatic carbocycles. The SMILES string of the molecule is CCC(C)N(CC(=O)O)C(=O)Cc1ccon1. The molecule has 0 spiro atoms. The number of hydrogen-bond acceptors (Lipinski definition) is 4. The Bertz CT molecular complexity index is 375. The van der Waals surface area contributed by atoms with Gasteiger partial charge >= 0.3 is 5.97 Å². The quantitative estimate of drug-likeness (QED) is 0.799. The fraction of sp³-hybridized carbons (Fsp3) is 0.545. The zero-order valence-corrected chi connectivity index (χ0v) is 9.92. The first kappa shape index (κ1) is 13.2. The Balaban J connectivity index is 2.68. The van der Waals surface area contributed by atoms with E-state index >= 15 is 0 Å². The van der Waals surface area contributed by atoms with Gasteiger partial charge in [0.2, 0.25) is 5.91 Å². The molecule has 17 heavy (non-hydrogen) atoms. The molecule has 1 aromatic heterocycles. The minimum Gasteiger partial charge on any atom is -0.480 e. The molecule has 0 saturated carbocycles. The molecule has 6 nitrogen and oxygen atoms in total. The predicted molar refractivity (Wildman–Crippen MR) is 59.3 cm³/mol. The first-order valence-corrected chi connectivity index (χ1v) is 5.45. The number of carbonyl (C=O) groups is 2. The first-order chi connectivity index (χ1) is 8.04. The largest absolute Gasteiger partial charge is 0.480 e. The van der Waals surface area contributed by atoms with E-state index in [-0.39, 0.29) is 24.9 Å². The molecular weight excluding hydrogens is 224 g/mol. The van der Waals surface area contributed by atoms with E-state index in [4.69, 9.17) is 5.11 Å². The summed E-state index contributed by atoms with van der Waals surface area (Å²) in [7, 11) is 0. The third-order valence-electron chi connectivity index (χ3n) is 2.57. The second-order valence-electron chi connectivity index (χ2n) is 3.84. The molecule has 6 heteroatoms. The summed E-state index contributed by atoms with van der Waals surface area (Å²) in [6, 6.07) is 1.48. The highest BCUT2D eigenvalue weighted by atomic mass is 16.5. The highest BCUT2D eigenvalue weighted by Crippen LogP contribution is 2.07. The van der Waals surface area contributed by atoms with Crippen LogP contribution < -0.4 is 0 Å². The topological polar surface area (TPSA) is 83.6 Å². The van der Waals surface area contributed by atoms with E-state index in [1.54, 1.807) is 6.07 Å². The Morgan fingerprint density at radius 1 is 1.59 bits per heavy atom. The molecule has 94 valence electrons. The first-order valence-electron chi connectivity index (χ1n) is 5.45. The zero-order valence-electron chi connectivity index (χ0n) is 9.92. The number of rotatable bonds is 6. The highest BCUT2D eigenvalue weighted by Gasteiger charge is 2.22. The van der Waals surface area contributed by atoms with Gasteiger partial charge in [0.25, 0.3) is 0 Å². The van der Waals surface area contributed by atoms with Crippen LogP contribution in [0.2, 0.25) is 0 Å². The molecule has 0 bridgehead atoms. The van der Waals surface area contributed by atoms with Crippen molar-refractivity contribution in [3.05, 3.63) is 18.0 Å². The molecule has 1 rings (SSSR count). The van der Waals surface area contributed by atoms with Gasteiger partial charge in [-0.1, -0.05) is 12.1 Å². The number of aromatic nitrogens is 1. The van der Waals surface area contributed by atoms with Crippen molar-refractivity contribution in [3.63, 3.8) is 0 Å². The minimum absolute atomic E-state index is 0.0636. The monoisotopic (exact) mass is 240 g/mol. The number of carbonyl (C=O) groups excluding carboxylic acids is 1. The van der Waals surface area contributed by atoms with E-state index < -0.39 is 5.97 Å². The predicted octanol–water partition coefficient (Wildman–Crippen LogP) is 0.929. The van der Waals surface area contributed by atoms with Gasteiger partial charge in [-0.25, -0.2) is 0 Å². The van der Waals surface area contributed by atoms with Crippen molar-refractivity contribution in [2.24, 2.45) is 0 Å². The minimum atomic E-state index is -1.01. The highest BCUT2D eigenvalue weighted by molar-refractivity contribution is 5.82. The van der Waals surface area contributed by atoms with Gasteiger partial charge in [-0.05, 0) is 13.3 Å². The van der Waals surface area contributed by atoms with E-state index in [0.717, 1.165) is 0 Å². The average Bonchev–Trinajstić information content (AvgIpc) is 2.77. The Hall–Kier alpha value is -1.85. The van der Waals surface area contributed by atoms with Crippen molar-refractivity contribution in [2.75, 3.05) is 6.54 Å². The molecule has 1 aromatic rings. The van der Waals surface area contributed by atoms with Gasteiger partial charge in [0.05, 0.1) is 12.1 Å². The zero-order chi connectivity index (χ0) is 12.8. The molecule has 1 N–H and O–H groups in total. The summed E-state index contributed by atoms with van der Waals surface area (Å²) < 4.78 is 4.63. The van der Waals surface area contributed by atoms with Crippen molar-refractivity contribution in [1.82, 2.24) is 10.1 Å². The summed E-state index contributed by atoms with van der Waals surface area (Å²) in [4.78, 5) is 24.0. The summed E-state index contributed by atoms with van der Waals surface area (Å²) in [6.07, 6.45) is 2.15. The van der Waals surface area contributed by atoms with E-state index in [9.17, 15) is 9.59 Å². The van der Waals surface area contributed by atoms with Gasteiger partial charge in [0, 0.05) is 12.1 Å². The molecule has 0 fully saturated rings. The number of amides is 1. The lowest BCUT2D eigenvalue weighted by atomic mass is 10.2. The van der Waals surface area contributed by atoms with Gasteiger partial charge in [-0.15, -0.1) is 0 Å². The van der Waals surface area contributed by atoms with Gasteiger partial charge in [0.1, 0.15) is 12.8 Å². The Kier molecular flexibility index (Phi) is 4.68. The standard InChI is InChI=1S/C11H16N2O4/c1-3-8(2)13(7-11(15)16)10(14)6-9-4-5-17-12-9/h4-5,8H,3,6-7H2,1-2H3,(H,15,16). The van der Waals surface area contributed by atoms with Crippen LogP contribution in [0.3, 0.4) is 0 Å². The van der Waals surface area contributed by atoms with Gasteiger partial charge in [-0.3, -0.25) is 9.59 Å². The lowest BCUT2D eigenvalue weighted by molar-refractivity contribution is -0.145. The third kappa shape index (κ3) is 3.90. The number of hydrogen-bond donors (Lipinski definition) is 1. The fourth-order valence-corrected chi connectivity index (χ4v) is 1.44. The number of carboxylic acids is 1. The summed E-state index contributed by atoms with van der Waals surface area (Å²) >= 11 is 0. The molecular formula is C11H16N2O4. The Labute approximate surface area is 99.2 Å². The Morgan fingerprint density at radius 2 is 2.29 bits per heavy atom. The molecule has 0 saturated heterocycles. The van der Waals surface area contributed by atoms with Crippen LogP contribution in [0.15, 0.2) is 16.9 Å². The van der Waals surface area contributed by atoms with Crippen molar-refractivity contribution < 1.29 is 19.2 Å². The van der Waals surface area contributed by atoms with Crippen molar-refractivity contribution in [3.8, 4) is 0 Å². The molecule has 0 aliphatic rings. The summed E-state index contributed by atoms with van der Waals surface area (Å²) in [5, 5.41) is 12.4. The van der Waals surface area contributed by atoms with Gasteiger partial charge in [0.15, 0.2) is 0 Å². The van der Waals surface area contributed by atoms with Crippen LogP contribution in [0.4, 0.5) is 0 Å². The summed E-state index contributed by atoms with van der Waals surface area (Å²) in [5.74, 6) is -1.27. The maximum absolute atomic E-state index is 11.9. The van der Waals surface area contributed by atoms with Crippen LogP contribution in [-0.4, -0.2) is 39.6 Å². The maximum Gasteiger partial charge on any atom is 0.323 e. The summed E-state index contributed by atoms with van der Waals surface area (Å²) in [5.41, 5.74) is 0.508. The van der Waals surface area contributed by atoms with Crippen molar-refractivity contribution in [2.45, 2.75) is 32.7 Å². The van der Waals surface area contributed by atoms with Gasteiger partial charge < -0.3 is 14.5 Å². The fourth-order valence-electron chi connectivity index (χ4n) is 1.44. The van der Waals surface area contributed by atoms with E-state index in [1.165, 1.54) is 11.2 Å². The van der Waals surface area contributed by atoms with Gasteiger partial charge in [-0.2, -0.15) is 0 Å². The molecule has 0 aliphatic carbocycles. The van der Waals surface area contributed by atoms with Crippen LogP contribution in [0.25, 0.3) is 0 Å². The molecule has 0 aliphatic heterocycles. The number of aliphatic carboxylic acids is 1. The van der Waals surface area contributed by atoms with Crippen LogP contribution in [0.5, 0.6) is 0 Å². The van der Waals surface area contributed by atoms with Crippen molar-refractivity contribution >= 4 is 11.9 Å². The third-order valence-corrected chi connectivity index (χ3v) is 2.57. The molecule has 0 radical (unpaired) electrons. The lowest BCUT2D eigenvalue weighted by Crippen LogP contribution is -2.42. The molecule has 1 atom stereocenters. The van der Waals surface area contributed by atoms with Crippen molar-refractivity contribution in [1.29, 1.82) is 0 Å². The molecule has 1 amide bonds. The number of carboxylic acid groups (broad SMARTS) is 1. The summed E-state index contributed by atoms with van der Waals surface area (Å²) in [6.45, 7) is 3.44. The van der Waals surface area contributed by atoms with Crippen LogP contribution in [0, 0.1) is 0 Å². The maximum atomic E-state index is 11.9. The second kappa shape index (κ2) is 6.03. The smallest absolute Gasteiger partial charge is 0.323 e. The van der Waals surface area contributed by atoms with E-state index in [0.29, 0.717) is 12.1 Å². The average molecular weight is 240 g/mol. The molecule has 1 heterocycles. The van der Waals surface area contributed by atoms with Crippen LogP contribution in [0.1, 0.15) is 26.0 Å².